The summed E-state index contributed by atoms with van der Waals surface area (Å²) in [5.41, 5.74) is 1.94. The smallest absolute Gasteiger partial charge is 0.237 e. The molecule has 0 unspecified atom stereocenters. The molecule has 0 radical (unpaired) electrons. The molecule has 0 aliphatic heterocycles. The number of benzene rings is 2. The van der Waals surface area contributed by atoms with Gasteiger partial charge in [-0.25, -0.2) is 0 Å². The van der Waals surface area contributed by atoms with Crippen molar-refractivity contribution < 1.29 is 14.4 Å². The van der Waals surface area contributed by atoms with Crippen LogP contribution in [0.2, 0.25) is 0 Å². The zero-order valence-corrected chi connectivity index (χ0v) is 18.6. The molecule has 0 fully saturated rings. The number of nitrogens with one attached hydrogen (secondary N) is 1. The highest BCUT2D eigenvalue weighted by Gasteiger charge is 2.29. The van der Waals surface area contributed by atoms with Gasteiger partial charge in [-0.1, -0.05) is 66.0 Å². The van der Waals surface area contributed by atoms with Crippen LogP contribution in [0.1, 0.15) is 45.7 Å². The molecule has 0 saturated carbocycles. The summed E-state index contributed by atoms with van der Waals surface area (Å²) in [5.74, 6) is 0.307. The molecule has 1 heterocycles. The first-order chi connectivity index (χ1) is 14.5. The normalized spacial score (nSPS) is 13.5. The SMILES string of the molecule is CCSc1nnc(S[C@H](C)C(=O)Nc2ccc3c(c2)C(=O)c2ccccc2C3=O)s1. The topological polar surface area (TPSA) is 89.0 Å². The number of aromatic nitrogens is 2. The third kappa shape index (κ3) is 4.05. The number of rotatable bonds is 6. The number of nitrogens with zero attached hydrogens (tertiary/aromatic N) is 2. The molecule has 30 heavy (non-hydrogen) atoms. The van der Waals surface area contributed by atoms with E-state index in [0.717, 1.165) is 14.4 Å². The van der Waals surface area contributed by atoms with Gasteiger partial charge in [0.15, 0.2) is 20.2 Å². The summed E-state index contributed by atoms with van der Waals surface area (Å²) >= 11 is 4.41. The van der Waals surface area contributed by atoms with Crippen molar-refractivity contribution >= 4 is 58.0 Å². The molecular formula is C21H17N3O3S3. The zero-order valence-electron chi connectivity index (χ0n) is 16.2. The Balaban J connectivity index is 1.49. The van der Waals surface area contributed by atoms with Crippen molar-refractivity contribution in [3.8, 4) is 0 Å². The second-order valence-corrected chi connectivity index (χ2v) is 10.6. The molecule has 1 aliphatic rings. The third-order valence-electron chi connectivity index (χ3n) is 4.50. The van der Waals surface area contributed by atoms with E-state index < -0.39 is 5.25 Å². The first-order valence-corrected chi connectivity index (χ1v) is 11.9. The Bertz CT molecular complexity index is 1160. The van der Waals surface area contributed by atoms with Crippen LogP contribution >= 0.6 is 34.9 Å². The lowest BCUT2D eigenvalue weighted by Gasteiger charge is -2.18. The summed E-state index contributed by atoms with van der Waals surface area (Å²) < 4.78 is 1.61. The van der Waals surface area contributed by atoms with Gasteiger partial charge in [-0.2, -0.15) is 0 Å². The summed E-state index contributed by atoms with van der Waals surface area (Å²) in [6.45, 7) is 3.84. The fourth-order valence-electron chi connectivity index (χ4n) is 3.05. The maximum Gasteiger partial charge on any atom is 0.237 e. The zero-order chi connectivity index (χ0) is 21.3. The maximum absolute atomic E-state index is 12.8. The molecule has 1 amide bonds. The van der Waals surface area contributed by atoms with Crippen molar-refractivity contribution in [2.45, 2.75) is 27.8 Å². The molecule has 0 saturated heterocycles. The quantitative estimate of drug-likeness (QED) is 0.427. The average molecular weight is 456 g/mol. The van der Waals surface area contributed by atoms with E-state index >= 15 is 0 Å². The van der Waals surface area contributed by atoms with Gasteiger partial charge in [0.25, 0.3) is 0 Å². The summed E-state index contributed by atoms with van der Waals surface area (Å²) in [5, 5.41) is 10.6. The minimum atomic E-state index is -0.397. The molecule has 6 nitrogen and oxygen atoms in total. The predicted molar refractivity (Wildman–Crippen MR) is 120 cm³/mol. The van der Waals surface area contributed by atoms with E-state index in [-0.39, 0.29) is 17.5 Å². The number of carbonyl (C=O) groups is 3. The van der Waals surface area contributed by atoms with Gasteiger partial charge in [0.05, 0.1) is 5.25 Å². The Labute approximate surface area is 185 Å². The molecule has 0 spiro atoms. The number of anilines is 1. The van der Waals surface area contributed by atoms with E-state index in [0.29, 0.717) is 27.9 Å². The second kappa shape index (κ2) is 8.71. The largest absolute Gasteiger partial charge is 0.325 e. The Hall–Kier alpha value is -2.49. The van der Waals surface area contributed by atoms with Crippen molar-refractivity contribution in [3.63, 3.8) is 0 Å². The summed E-state index contributed by atoms with van der Waals surface area (Å²) in [4.78, 5) is 38.2. The molecule has 4 rings (SSSR count). The second-order valence-electron chi connectivity index (χ2n) is 6.48. The number of hydrogen-bond acceptors (Lipinski definition) is 8. The number of amides is 1. The minimum Gasteiger partial charge on any atom is -0.325 e. The van der Waals surface area contributed by atoms with Crippen LogP contribution in [0.4, 0.5) is 5.69 Å². The van der Waals surface area contributed by atoms with Crippen molar-refractivity contribution in [3.05, 3.63) is 64.7 Å². The van der Waals surface area contributed by atoms with Gasteiger partial charge in [0.1, 0.15) is 0 Å². The van der Waals surface area contributed by atoms with Crippen molar-refractivity contribution in [2.24, 2.45) is 0 Å². The maximum atomic E-state index is 12.8. The van der Waals surface area contributed by atoms with Crippen LogP contribution in [0.15, 0.2) is 51.1 Å². The monoisotopic (exact) mass is 455 g/mol. The van der Waals surface area contributed by atoms with Crippen LogP contribution in [0.25, 0.3) is 0 Å². The summed E-state index contributed by atoms with van der Waals surface area (Å²) in [6, 6.07) is 11.6. The lowest BCUT2D eigenvalue weighted by atomic mass is 9.84. The van der Waals surface area contributed by atoms with Gasteiger partial charge in [-0.05, 0) is 30.9 Å². The number of ketones is 2. The standard InChI is InChI=1S/C21H17N3O3S3/c1-3-28-20-23-24-21(30-20)29-11(2)19(27)22-12-8-9-15-16(10-12)18(26)14-7-5-4-6-13(14)17(15)25/h4-11H,3H2,1-2H3,(H,22,27)/t11-/m1/s1. The van der Waals surface area contributed by atoms with Crippen LogP contribution < -0.4 is 5.32 Å². The minimum absolute atomic E-state index is 0.181. The van der Waals surface area contributed by atoms with Gasteiger partial charge in [-0.3, -0.25) is 14.4 Å². The van der Waals surface area contributed by atoms with Gasteiger partial charge < -0.3 is 5.32 Å². The van der Waals surface area contributed by atoms with Crippen LogP contribution in [-0.4, -0.2) is 38.7 Å². The van der Waals surface area contributed by atoms with Crippen molar-refractivity contribution in [1.29, 1.82) is 0 Å². The Morgan fingerprint density at radius 1 is 1.00 bits per heavy atom. The van der Waals surface area contributed by atoms with Crippen LogP contribution in [0.5, 0.6) is 0 Å². The lowest BCUT2D eigenvalue weighted by molar-refractivity contribution is -0.115. The molecule has 3 aromatic rings. The molecule has 1 N–H and O–H groups in total. The molecule has 1 aliphatic carbocycles. The molecule has 1 aromatic heterocycles. The number of thioether (sulfide) groups is 2. The predicted octanol–water partition coefficient (Wildman–Crippen LogP) is 4.54. The first-order valence-electron chi connectivity index (χ1n) is 9.24. The molecule has 0 bridgehead atoms. The lowest BCUT2D eigenvalue weighted by Crippen LogP contribution is -2.24. The highest BCUT2D eigenvalue weighted by Crippen LogP contribution is 2.32. The van der Waals surface area contributed by atoms with Crippen LogP contribution in [0.3, 0.4) is 0 Å². The van der Waals surface area contributed by atoms with E-state index in [2.05, 4.69) is 15.5 Å². The molecule has 2 aromatic carbocycles. The Morgan fingerprint density at radius 2 is 1.63 bits per heavy atom. The fourth-order valence-corrected chi connectivity index (χ4v) is 6.11. The van der Waals surface area contributed by atoms with E-state index in [1.165, 1.54) is 23.1 Å². The van der Waals surface area contributed by atoms with Crippen LogP contribution in [-0.2, 0) is 4.79 Å². The number of hydrogen-bond donors (Lipinski definition) is 1. The summed E-state index contributed by atoms with van der Waals surface area (Å²) in [6.07, 6.45) is 0. The Kier molecular flexibility index (Phi) is 6.03. The van der Waals surface area contributed by atoms with E-state index in [9.17, 15) is 14.4 Å². The third-order valence-corrected chi connectivity index (χ3v) is 7.62. The average Bonchev–Trinajstić information content (AvgIpc) is 3.19. The Morgan fingerprint density at radius 3 is 2.33 bits per heavy atom. The highest BCUT2D eigenvalue weighted by atomic mass is 32.2. The van der Waals surface area contributed by atoms with Crippen LogP contribution in [0, 0.1) is 0 Å². The molecule has 9 heteroatoms. The van der Waals surface area contributed by atoms with Crippen molar-refractivity contribution in [1.82, 2.24) is 10.2 Å². The summed E-state index contributed by atoms with van der Waals surface area (Å²) in [7, 11) is 0. The highest BCUT2D eigenvalue weighted by molar-refractivity contribution is 8.03. The first kappa shape index (κ1) is 20.8. The number of carbonyl (C=O) groups excluding carboxylic acids is 3. The van der Waals surface area contributed by atoms with Gasteiger partial charge in [0, 0.05) is 27.9 Å². The van der Waals surface area contributed by atoms with Gasteiger partial charge in [-0.15, -0.1) is 10.2 Å². The van der Waals surface area contributed by atoms with E-state index in [1.54, 1.807) is 61.2 Å². The van der Waals surface area contributed by atoms with Gasteiger partial charge >= 0.3 is 0 Å². The molecule has 152 valence electrons. The fraction of sp³-hybridized carbons (Fsp3) is 0.190. The van der Waals surface area contributed by atoms with E-state index in [4.69, 9.17) is 0 Å². The molecule has 1 atom stereocenters. The van der Waals surface area contributed by atoms with Crippen molar-refractivity contribution in [2.75, 3.05) is 11.1 Å². The molecular weight excluding hydrogens is 438 g/mol. The van der Waals surface area contributed by atoms with Gasteiger partial charge in [0.2, 0.25) is 5.91 Å². The van der Waals surface area contributed by atoms with E-state index in [1.807, 2.05) is 6.92 Å². The number of fused-ring (bicyclic) bond motifs is 2.